The summed E-state index contributed by atoms with van der Waals surface area (Å²) in [5.74, 6) is -1.18. The number of fused-ring (bicyclic) bond motifs is 1. The Bertz CT molecular complexity index is 1700. The van der Waals surface area contributed by atoms with Crippen LogP contribution in [0.5, 0.6) is 0 Å². The molecule has 6 heteroatoms. The Morgan fingerprint density at radius 2 is 1.48 bits per heavy atom. The topological polar surface area (TPSA) is 46.2 Å². The molecule has 0 radical (unpaired) electrons. The van der Waals surface area contributed by atoms with Crippen LogP contribution < -0.4 is 5.32 Å². The maximum absolute atomic E-state index is 14.4. The summed E-state index contributed by atoms with van der Waals surface area (Å²) >= 11 is 14.4. The van der Waals surface area contributed by atoms with Gasteiger partial charge in [0.05, 0.1) is 22.0 Å². The van der Waals surface area contributed by atoms with Crippen molar-refractivity contribution in [3.05, 3.63) is 147 Å². The average Bonchev–Trinajstić information content (AvgIpc) is 2.98. The Morgan fingerprint density at radius 1 is 0.750 bits per heavy atom. The molecule has 0 aliphatic heterocycles. The zero-order valence-electron chi connectivity index (χ0n) is 22.0. The number of hydrogen-bond donors (Lipinski definition) is 1. The summed E-state index contributed by atoms with van der Waals surface area (Å²) in [6.45, 7) is 1.94. The highest BCUT2D eigenvalue weighted by atomic mass is 35.5. The SMILES string of the molecule is CSc1ccc(C(=O)C(c2ccc(Cl)c(Cl)c2)C(NC(=O)c2cccc(C)c2)c2cccc3ccccc23)cc1. The molecule has 0 spiro atoms. The molecule has 0 bridgehead atoms. The highest BCUT2D eigenvalue weighted by Crippen LogP contribution is 2.39. The molecule has 0 aromatic heterocycles. The van der Waals surface area contributed by atoms with Gasteiger partial charge in [-0.2, -0.15) is 0 Å². The van der Waals surface area contributed by atoms with Crippen molar-refractivity contribution in [3.8, 4) is 0 Å². The molecule has 0 heterocycles. The quantitative estimate of drug-likeness (QED) is 0.146. The van der Waals surface area contributed by atoms with Crippen LogP contribution >= 0.6 is 35.0 Å². The van der Waals surface area contributed by atoms with Gasteiger partial charge in [-0.1, -0.05) is 102 Å². The van der Waals surface area contributed by atoms with E-state index in [4.69, 9.17) is 23.2 Å². The number of rotatable bonds is 8. The first-order chi connectivity index (χ1) is 19.4. The van der Waals surface area contributed by atoms with E-state index >= 15 is 0 Å². The lowest BCUT2D eigenvalue weighted by Gasteiger charge is -2.29. The van der Waals surface area contributed by atoms with Crippen molar-refractivity contribution >= 4 is 57.4 Å². The minimum absolute atomic E-state index is 0.131. The fourth-order valence-corrected chi connectivity index (χ4v) is 5.72. The van der Waals surface area contributed by atoms with Gasteiger partial charge in [-0.3, -0.25) is 9.59 Å². The van der Waals surface area contributed by atoms with Gasteiger partial charge in [0.1, 0.15) is 0 Å². The lowest BCUT2D eigenvalue weighted by Crippen LogP contribution is -2.36. The van der Waals surface area contributed by atoms with Gasteiger partial charge in [0.2, 0.25) is 0 Å². The van der Waals surface area contributed by atoms with Crippen LogP contribution in [-0.2, 0) is 0 Å². The van der Waals surface area contributed by atoms with Crippen molar-refractivity contribution in [3.63, 3.8) is 0 Å². The van der Waals surface area contributed by atoms with Gasteiger partial charge in [-0.05, 0) is 71.5 Å². The zero-order valence-corrected chi connectivity index (χ0v) is 24.4. The van der Waals surface area contributed by atoms with Crippen LogP contribution in [0.1, 0.15) is 49.4 Å². The van der Waals surface area contributed by atoms with Gasteiger partial charge in [0.25, 0.3) is 5.91 Å². The van der Waals surface area contributed by atoms with E-state index in [1.807, 2.05) is 104 Å². The first kappa shape index (κ1) is 28.0. The maximum atomic E-state index is 14.4. The summed E-state index contributed by atoms with van der Waals surface area (Å²) in [6.07, 6.45) is 1.99. The van der Waals surface area contributed by atoms with Crippen molar-refractivity contribution in [2.24, 2.45) is 0 Å². The lowest BCUT2D eigenvalue weighted by molar-refractivity contribution is 0.0892. The number of Topliss-reactive ketones (excluding diaryl/α,β-unsaturated/α-hetero) is 1. The van der Waals surface area contributed by atoms with Gasteiger partial charge < -0.3 is 5.32 Å². The molecular weight excluding hydrogens is 557 g/mol. The Morgan fingerprint density at radius 3 is 2.20 bits per heavy atom. The molecule has 0 fully saturated rings. The second-order valence-electron chi connectivity index (χ2n) is 9.63. The van der Waals surface area contributed by atoms with Crippen molar-refractivity contribution in [1.29, 1.82) is 0 Å². The van der Waals surface area contributed by atoms with Gasteiger partial charge in [-0.25, -0.2) is 0 Å². The summed E-state index contributed by atoms with van der Waals surface area (Å²) in [7, 11) is 0. The molecule has 1 N–H and O–H groups in total. The number of hydrogen-bond acceptors (Lipinski definition) is 3. The fraction of sp³-hybridized carbons (Fsp3) is 0.118. The third-order valence-electron chi connectivity index (χ3n) is 7.02. The molecule has 5 rings (SSSR count). The molecule has 1 amide bonds. The molecule has 40 heavy (non-hydrogen) atoms. The molecule has 200 valence electrons. The minimum atomic E-state index is -0.783. The lowest BCUT2D eigenvalue weighted by atomic mass is 9.80. The van der Waals surface area contributed by atoms with Crippen LogP contribution in [0.15, 0.2) is 114 Å². The number of aryl methyl sites for hydroxylation is 1. The monoisotopic (exact) mass is 583 g/mol. The Hall–Kier alpha value is -3.57. The predicted octanol–water partition coefficient (Wildman–Crippen LogP) is 9.31. The summed E-state index contributed by atoms with van der Waals surface area (Å²) in [6, 6.07) is 33.4. The highest BCUT2D eigenvalue weighted by Gasteiger charge is 2.34. The van der Waals surface area contributed by atoms with E-state index in [0.29, 0.717) is 26.7 Å². The van der Waals surface area contributed by atoms with Gasteiger partial charge in [0.15, 0.2) is 5.78 Å². The molecule has 2 unspecified atom stereocenters. The van der Waals surface area contributed by atoms with Crippen molar-refractivity contribution in [2.45, 2.75) is 23.8 Å². The largest absolute Gasteiger partial charge is 0.344 e. The van der Waals surface area contributed by atoms with Crippen molar-refractivity contribution in [2.75, 3.05) is 6.26 Å². The van der Waals surface area contributed by atoms with Gasteiger partial charge >= 0.3 is 0 Å². The van der Waals surface area contributed by atoms with Crippen LogP contribution in [0.2, 0.25) is 10.0 Å². The summed E-state index contributed by atoms with van der Waals surface area (Å²) in [5.41, 5.74) is 3.54. The van der Waals surface area contributed by atoms with Crippen molar-refractivity contribution in [1.82, 2.24) is 5.32 Å². The van der Waals surface area contributed by atoms with E-state index in [2.05, 4.69) is 5.32 Å². The van der Waals surface area contributed by atoms with Crippen LogP contribution in [-0.4, -0.2) is 17.9 Å². The number of carbonyl (C=O) groups is 2. The molecular formula is C34H27Cl2NO2S. The van der Waals surface area contributed by atoms with E-state index in [0.717, 1.165) is 26.8 Å². The number of thioether (sulfide) groups is 1. The average molecular weight is 585 g/mol. The number of nitrogens with one attached hydrogen (secondary N) is 1. The van der Waals surface area contributed by atoms with Crippen LogP contribution in [0, 0.1) is 6.92 Å². The Labute approximate surface area is 248 Å². The van der Waals surface area contributed by atoms with E-state index in [-0.39, 0.29) is 11.7 Å². The molecule has 0 aliphatic rings. The van der Waals surface area contributed by atoms with Crippen LogP contribution in [0.3, 0.4) is 0 Å². The van der Waals surface area contributed by atoms with E-state index in [1.54, 1.807) is 30.0 Å². The van der Waals surface area contributed by atoms with E-state index in [9.17, 15) is 9.59 Å². The standard InChI is InChI=1S/C34H27Cl2NO2S/c1-21-7-5-10-25(19-21)34(39)37-32(28-12-6-9-22-8-3-4-11-27(22)28)31(24-15-18-29(35)30(36)20-24)33(38)23-13-16-26(40-2)17-14-23/h3-20,31-32H,1-2H3,(H,37,39). The highest BCUT2D eigenvalue weighted by molar-refractivity contribution is 7.98. The first-order valence-electron chi connectivity index (χ1n) is 12.8. The predicted molar refractivity (Wildman–Crippen MR) is 167 cm³/mol. The van der Waals surface area contributed by atoms with Gasteiger partial charge in [-0.15, -0.1) is 11.8 Å². The second-order valence-corrected chi connectivity index (χ2v) is 11.3. The molecule has 3 nitrogen and oxygen atoms in total. The molecule has 2 atom stereocenters. The second kappa shape index (κ2) is 12.3. The van der Waals surface area contributed by atoms with Crippen LogP contribution in [0.4, 0.5) is 0 Å². The number of benzene rings is 5. The van der Waals surface area contributed by atoms with Crippen molar-refractivity contribution < 1.29 is 9.59 Å². The Kier molecular flexibility index (Phi) is 8.60. The van der Waals surface area contributed by atoms with Gasteiger partial charge in [0, 0.05) is 16.0 Å². The number of amides is 1. The fourth-order valence-electron chi connectivity index (χ4n) is 5.01. The summed E-state index contributed by atoms with van der Waals surface area (Å²) in [5, 5.41) is 5.94. The van der Waals surface area contributed by atoms with E-state index < -0.39 is 12.0 Å². The third kappa shape index (κ3) is 5.95. The summed E-state index contributed by atoms with van der Waals surface area (Å²) in [4.78, 5) is 29.2. The van der Waals surface area contributed by atoms with Crippen LogP contribution in [0.25, 0.3) is 10.8 Å². The zero-order chi connectivity index (χ0) is 28.2. The smallest absolute Gasteiger partial charge is 0.251 e. The molecule has 0 aliphatic carbocycles. The number of carbonyl (C=O) groups excluding carboxylic acids is 2. The molecule has 5 aromatic rings. The third-order valence-corrected chi connectivity index (χ3v) is 8.50. The molecule has 0 saturated heterocycles. The normalized spacial score (nSPS) is 12.6. The summed E-state index contributed by atoms with van der Waals surface area (Å²) < 4.78 is 0. The van der Waals surface area contributed by atoms with E-state index in [1.165, 1.54) is 0 Å². The molecule has 5 aromatic carbocycles. The minimum Gasteiger partial charge on any atom is -0.344 e. The Balaban J connectivity index is 1.71. The maximum Gasteiger partial charge on any atom is 0.251 e. The molecule has 0 saturated carbocycles. The first-order valence-corrected chi connectivity index (χ1v) is 14.8. The number of halogens is 2. The number of ketones is 1.